The van der Waals surface area contributed by atoms with Gasteiger partial charge in [-0.2, -0.15) is 13.2 Å². The van der Waals surface area contributed by atoms with Gasteiger partial charge >= 0.3 is 6.36 Å². The highest BCUT2D eigenvalue weighted by atomic mass is 32.1. The second-order valence-electron chi connectivity index (χ2n) is 5.96. The summed E-state index contributed by atoms with van der Waals surface area (Å²) in [7, 11) is 0. The van der Waals surface area contributed by atoms with Crippen molar-refractivity contribution in [2.45, 2.75) is 19.7 Å². The molecular weight excluding hydrogens is 433 g/mol. The van der Waals surface area contributed by atoms with Crippen molar-refractivity contribution in [2.24, 2.45) is 0 Å². The molecule has 3 aromatic rings. The number of anilines is 1. The van der Waals surface area contributed by atoms with Gasteiger partial charge in [0.2, 0.25) is 5.13 Å². The van der Waals surface area contributed by atoms with E-state index in [9.17, 15) is 26.7 Å². The molecule has 0 unspecified atom stereocenters. The molecule has 0 saturated carbocycles. The Morgan fingerprint density at radius 1 is 1.27 bits per heavy atom. The van der Waals surface area contributed by atoms with Gasteiger partial charge in [0.05, 0.1) is 5.56 Å². The summed E-state index contributed by atoms with van der Waals surface area (Å²) in [5.74, 6) is -0.767. The largest absolute Gasteiger partial charge is 0.573 e. The highest BCUT2D eigenvalue weighted by molar-refractivity contribution is 7.09. The summed E-state index contributed by atoms with van der Waals surface area (Å²) < 4.78 is 75.0. The maximum Gasteiger partial charge on any atom is 0.573 e. The number of benzene rings is 1. The Bertz CT molecular complexity index is 1090. The van der Waals surface area contributed by atoms with Gasteiger partial charge in [-0.15, -0.1) is 13.2 Å². The lowest BCUT2D eigenvalue weighted by atomic mass is 10.1. The first kappa shape index (κ1) is 21.4. The second kappa shape index (κ2) is 8.61. The molecule has 2 aromatic heterocycles. The van der Waals surface area contributed by atoms with Crippen LogP contribution in [0.3, 0.4) is 0 Å². The monoisotopic (exact) mass is 445 g/mol. The number of nitrogens with one attached hydrogen (secondary N) is 1. The summed E-state index contributed by atoms with van der Waals surface area (Å²) in [6.45, 7) is 1.25. The minimum atomic E-state index is -4.84. The number of allylic oxidation sites excluding steroid dienone is 1. The zero-order chi connectivity index (χ0) is 21.9. The first-order chi connectivity index (χ1) is 14.1. The molecule has 158 valence electrons. The van der Waals surface area contributed by atoms with Gasteiger partial charge in [0, 0.05) is 23.5 Å². The van der Waals surface area contributed by atoms with Crippen molar-refractivity contribution in [1.29, 1.82) is 0 Å². The predicted molar refractivity (Wildman–Crippen MR) is 97.3 cm³/mol. The number of ether oxygens (including phenoxy) is 1. The summed E-state index contributed by atoms with van der Waals surface area (Å²) >= 11 is 0.822. The van der Waals surface area contributed by atoms with Crippen molar-refractivity contribution in [1.82, 2.24) is 9.36 Å². The van der Waals surface area contributed by atoms with E-state index in [1.807, 2.05) is 0 Å². The van der Waals surface area contributed by atoms with Crippen LogP contribution in [0.5, 0.6) is 5.75 Å². The molecule has 30 heavy (non-hydrogen) atoms. The van der Waals surface area contributed by atoms with Gasteiger partial charge in [-0.1, -0.05) is 12.1 Å². The zero-order valence-electron chi connectivity index (χ0n) is 15.1. The van der Waals surface area contributed by atoms with Crippen molar-refractivity contribution in [3.8, 4) is 17.1 Å². The Balaban J connectivity index is 1.69. The molecule has 0 bridgehead atoms. The Morgan fingerprint density at radius 3 is 2.73 bits per heavy atom. The van der Waals surface area contributed by atoms with E-state index in [4.69, 9.17) is 4.42 Å². The fraction of sp³-hybridized carbons (Fsp3) is 0.167. The van der Waals surface area contributed by atoms with Gasteiger partial charge in [-0.3, -0.25) is 10.1 Å². The Hall–Kier alpha value is -3.28. The van der Waals surface area contributed by atoms with Crippen LogP contribution in [0.15, 0.2) is 52.7 Å². The number of nitrogens with zero attached hydrogens (tertiary/aromatic N) is 2. The number of amides is 1. The van der Waals surface area contributed by atoms with Gasteiger partial charge in [-0.25, -0.2) is 4.98 Å². The first-order valence-corrected chi connectivity index (χ1v) is 8.97. The van der Waals surface area contributed by atoms with E-state index >= 15 is 0 Å². The molecule has 0 saturated heterocycles. The number of carbonyl (C=O) groups excluding carboxylic acids is 1. The third-order valence-electron chi connectivity index (χ3n) is 3.65. The Morgan fingerprint density at radius 2 is 2.03 bits per heavy atom. The van der Waals surface area contributed by atoms with E-state index in [0.29, 0.717) is 0 Å². The lowest BCUT2D eigenvalue weighted by Crippen LogP contribution is -2.17. The number of carbonyl (C=O) groups is 1. The maximum atomic E-state index is 12.5. The number of hydrogen-bond donors (Lipinski definition) is 1. The molecule has 6 nitrogen and oxygen atoms in total. The van der Waals surface area contributed by atoms with Gasteiger partial charge in [-0.05, 0) is 30.7 Å². The fourth-order valence-electron chi connectivity index (χ4n) is 2.30. The molecule has 0 aliphatic heterocycles. The van der Waals surface area contributed by atoms with Gasteiger partial charge < -0.3 is 9.15 Å². The van der Waals surface area contributed by atoms with E-state index in [-0.39, 0.29) is 39.8 Å². The number of halogens is 5. The molecular formula is C18H12F5N3O3S. The van der Waals surface area contributed by atoms with Crippen LogP contribution >= 0.6 is 11.5 Å². The Labute approximate surface area is 170 Å². The molecule has 1 aromatic carbocycles. The lowest BCUT2D eigenvalue weighted by molar-refractivity contribution is -0.274. The maximum absolute atomic E-state index is 12.5. The van der Waals surface area contributed by atoms with E-state index < -0.39 is 24.1 Å². The number of alkyl halides is 3. The standard InChI is InChI=1S/C18H12F5N3O3S/c1-9(15(19)20)5-14-24-17(30-26-14)25-16(27)11-7-13(28-8-11)10-3-2-4-12(6-10)29-18(21,22)23/h2-4,6-8H,5H2,1H3,(H,24,25,26,27). The second-order valence-corrected chi connectivity index (χ2v) is 6.71. The van der Waals surface area contributed by atoms with Gasteiger partial charge in [0.1, 0.15) is 23.6 Å². The summed E-state index contributed by atoms with van der Waals surface area (Å²) in [5.41, 5.74) is 0.168. The van der Waals surface area contributed by atoms with Gasteiger partial charge in [0.15, 0.2) is 0 Å². The van der Waals surface area contributed by atoms with Crippen LogP contribution in [-0.4, -0.2) is 21.6 Å². The van der Waals surface area contributed by atoms with Crippen molar-refractivity contribution in [3.63, 3.8) is 0 Å². The van der Waals surface area contributed by atoms with Crippen LogP contribution in [0.4, 0.5) is 27.1 Å². The Kier molecular flexibility index (Phi) is 6.15. The van der Waals surface area contributed by atoms with E-state index in [1.54, 1.807) is 0 Å². The normalized spacial score (nSPS) is 11.3. The molecule has 1 amide bonds. The third-order valence-corrected chi connectivity index (χ3v) is 4.32. The molecule has 12 heteroatoms. The van der Waals surface area contributed by atoms with Crippen molar-refractivity contribution < 1.29 is 35.9 Å². The number of aromatic nitrogens is 2. The molecule has 1 N–H and O–H groups in total. The zero-order valence-corrected chi connectivity index (χ0v) is 15.9. The minimum absolute atomic E-state index is 0.0785. The summed E-state index contributed by atoms with van der Waals surface area (Å²) in [6.07, 6.45) is -5.68. The topological polar surface area (TPSA) is 77.2 Å². The molecule has 0 atom stereocenters. The van der Waals surface area contributed by atoms with E-state index in [1.165, 1.54) is 25.1 Å². The van der Waals surface area contributed by atoms with E-state index in [2.05, 4.69) is 19.4 Å². The van der Waals surface area contributed by atoms with Crippen molar-refractivity contribution in [2.75, 3.05) is 5.32 Å². The SMILES string of the molecule is CC(Cc1nsc(NC(=O)c2coc(-c3cccc(OC(F)(F)F)c3)c2)n1)=C(F)F. The highest BCUT2D eigenvalue weighted by Crippen LogP contribution is 2.29. The number of rotatable bonds is 6. The minimum Gasteiger partial charge on any atom is -0.464 e. The van der Waals surface area contributed by atoms with Crippen LogP contribution in [0.25, 0.3) is 11.3 Å². The summed E-state index contributed by atoms with van der Waals surface area (Å²) in [6, 6.07) is 6.41. The van der Waals surface area contributed by atoms with Gasteiger partial charge in [0.25, 0.3) is 12.0 Å². The van der Waals surface area contributed by atoms with Crippen LogP contribution < -0.4 is 10.1 Å². The molecule has 0 fully saturated rings. The first-order valence-electron chi connectivity index (χ1n) is 8.20. The molecule has 0 aliphatic rings. The molecule has 3 rings (SSSR count). The number of furan rings is 1. The summed E-state index contributed by atoms with van der Waals surface area (Å²) in [5, 5.41) is 2.56. The molecule has 2 heterocycles. The fourth-order valence-corrected chi connectivity index (χ4v) is 2.88. The number of hydrogen-bond acceptors (Lipinski definition) is 6. The lowest BCUT2D eigenvalue weighted by Gasteiger charge is -2.09. The third kappa shape index (κ3) is 5.63. The quantitative estimate of drug-likeness (QED) is 0.496. The van der Waals surface area contributed by atoms with E-state index in [0.717, 1.165) is 29.9 Å². The highest BCUT2D eigenvalue weighted by Gasteiger charge is 2.31. The average Bonchev–Trinajstić information content (AvgIpc) is 3.30. The van der Waals surface area contributed by atoms with Crippen LogP contribution in [0.2, 0.25) is 0 Å². The van der Waals surface area contributed by atoms with Crippen molar-refractivity contribution in [3.05, 3.63) is 59.6 Å². The smallest absolute Gasteiger partial charge is 0.464 e. The van der Waals surface area contributed by atoms with Crippen LogP contribution in [0.1, 0.15) is 23.1 Å². The molecule has 0 spiro atoms. The average molecular weight is 445 g/mol. The summed E-state index contributed by atoms with van der Waals surface area (Å²) in [4.78, 5) is 16.3. The van der Waals surface area contributed by atoms with Crippen LogP contribution in [0, 0.1) is 0 Å². The molecule has 0 aliphatic carbocycles. The predicted octanol–water partition coefficient (Wildman–Crippen LogP) is 5.66. The molecule has 0 radical (unpaired) electrons. The van der Waals surface area contributed by atoms with Crippen molar-refractivity contribution >= 4 is 22.6 Å². The van der Waals surface area contributed by atoms with Crippen LogP contribution in [-0.2, 0) is 6.42 Å².